The molecule has 0 aromatic heterocycles. The van der Waals surface area contributed by atoms with Gasteiger partial charge < -0.3 is 15.4 Å². The number of nitrogens with one attached hydrogen (secondary N) is 1. The predicted octanol–water partition coefficient (Wildman–Crippen LogP) is 3.34. The molecule has 2 aromatic carbocycles. The number of rotatable bonds is 6. The predicted molar refractivity (Wildman–Crippen MR) is 100 cm³/mol. The number of amides is 1. The standard InChI is InChI=1S/C19H23BrN2O2/c1-12-5-7-17(13(2)9-12)22-19(23)11-21-14(3)15-6-8-18(24-4)16(20)10-15/h5-10,14,21H,11H2,1-4H3,(H,22,23)/p+1/t14-/m1/s1. The smallest absolute Gasteiger partial charge is 0.279 e. The van der Waals surface area contributed by atoms with E-state index >= 15 is 0 Å². The number of carbonyl (C=O) groups is 1. The van der Waals surface area contributed by atoms with Crippen LogP contribution in [-0.2, 0) is 4.79 Å². The van der Waals surface area contributed by atoms with E-state index in [1.165, 1.54) is 5.56 Å². The lowest BCUT2D eigenvalue weighted by atomic mass is 10.1. The van der Waals surface area contributed by atoms with Crippen molar-refractivity contribution in [3.8, 4) is 5.75 Å². The summed E-state index contributed by atoms with van der Waals surface area (Å²) in [6, 6.07) is 12.2. The molecule has 0 unspecified atom stereocenters. The summed E-state index contributed by atoms with van der Waals surface area (Å²) >= 11 is 3.50. The summed E-state index contributed by atoms with van der Waals surface area (Å²) < 4.78 is 6.16. The summed E-state index contributed by atoms with van der Waals surface area (Å²) in [5.41, 5.74) is 4.28. The molecule has 24 heavy (non-hydrogen) atoms. The van der Waals surface area contributed by atoms with Gasteiger partial charge in [-0.15, -0.1) is 0 Å². The van der Waals surface area contributed by atoms with E-state index in [1.54, 1.807) is 7.11 Å². The topological polar surface area (TPSA) is 54.9 Å². The van der Waals surface area contributed by atoms with Gasteiger partial charge in [-0.25, -0.2) is 0 Å². The highest BCUT2D eigenvalue weighted by molar-refractivity contribution is 9.10. The Kier molecular flexibility index (Phi) is 6.40. The molecule has 0 saturated heterocycles. The molecule has 0 aliphatic carbocycles. The zero-order valence-electron chi connectivity index (χ0n) is 14.5. The van der Waals surface area contributed by atoms with Gasteiger partial charge in [0, 0.05) is 11.3 Å². The Bertz CT molecular complexity index is 731. The lowest BCUT2D eigenvalue weighted by molar-refractivity contribution is -0.682. The maximum absolute atomic E-state index is 12.2. The van der Waals surface area contributed by atoms with Crippen molar-refractivity contribution in [2.75, 3.05) is 19.0 Å². The fraction of sp³-hybridized carbons (Fsp3) is 0.316. The lowest BCUT2D eigenvalue weighted by Gasteiger charge is -2.13. The normalized spacial score (nSPS) is 11.9. The van der Waals surface area contributed by atoms with Crippen LogP contribution in [-0.4, -0.2) is 19.6 Å². The number of nitrogens with two attached hydrogens (primary N) is 1. The van der Waals surface area contributed by atoms with Crippen LogP contribution in [0.4, 0.5) is 5.69 Å². The van der Waals surface area contributed by atoms with E-state index < -0.39 is 0 Å². The molecular weight excluding hydrogens is 368 g/mol. The monoisotopic (exact) mass is 391 g/mol. The molecule has 1 amide bonds. The molecule has 0 heterocycles. The number of methoxy groups -OCH3 is 1. The Morgan fingerprint density at radius 1 is 1.25 bits per heavy atom. The molecule has 0 spiro atoms. The molecule has 3 N–H and O–H groups in total. The summed E-state index contributed by atoms with van der Waals surface area (Å²) in [5, 5.41) is 5.00. The minimum Gasteiger partial charge on any atom is -0.496 e. The highest BCUT2D eigenvalue weighted by Crippen LogP contribution is 2.27. The van der Waals surface area contributed by atoms with Crippen molar-refractivity contribution in [2.24, 2.45) is 0 Å². The van der Waals surface area contributed by atoms with E-state index in [1.807, 2.05) is 49.5 Å². The molecule has 0 fully saturated rings. The fourth-order valence-corrected chi connectivity index (χ4v) is 3.10. The van der Waals surface area contributed by atoms with Gasteiger partial charge in [-0.05, 0) is 66.5 Å². The minimum absolute atomic E-state index is 0.00128. The first-order valence-corrected chi connectivity index (χ1v) is 8.74. The van der Waals surface area contributed by atoms with E-state index in [9.17, 15) is 4.79 Å². The molecule has 1 atom stereocenters. The van der Waals surface area contributed by atoms with Gasteiger partial charge >= 0.3 is 0 Å². The molecule has 128 valence electrons. The number of quaternary nitrogens is 1. The van der Waals surface area contributed by atoms with E-state index in [2.05, 4.69) is 34.2 Å². The maximum Gasteiger partial charge on any atom is 0.279 e. The Morgan fingerprint density at radius 3 is 2.62 bits per heavy atom. The maximum atomic E-state index is 12.2. The van der Waals surface area contributed by atoms with Gasteiger partial charge in [0.2, 0.25) is 0 Å². The van der Waals surface area contributed by atoms with Gasteiger partial charge in [-0.2, -0.15) is 0 Å². The van der Waals surface area contributed by atoms with Crippen LogP contribution < -0.4 is 15.4 Å². The number of hydrogen-bond donors (Lipinski definition) is 2. The summed E-state index contributed by atoms with van der Waals surface area (Å²) in [4.78, 5) is 12.2. The molecule has 4 nitrogen and oxygen atoms in total. The first-order chi connectivity index (χ1) is 11.4. The molecule has 2 rings (SSSR count). The van der Waals surface area contributed by atoms with Gasteiger partial charge in [0.15, 0.2) is 6.54 Å². The van der Waals surface area contributed by atoms with Crippen molar-refractivity contribution < 1.29 is 14.8 Å². The molecule has 0 aliphatic heterocycles. The number of anilines is 1. The Morgan fingerprint density at radius 2 is 2.00 bits per heavy atom. The molecular formula is C19H24BrN2O2+. The van der Waals surface area contributed by atoms with Crippen LogP contribution in [0.5, 0.6) is 5.75 Å². The Labute approximate surface area is 151 Å². The highest BCUT2D eigenvalue weighted by atomic mass is 79.9. The van der Waals surface area contributed by atoms with Crippen LogP contribution >= 0.6 is 15.9 Å². The van der Waals surface area contributed by atoms with Crippen molar-refractivity contribution in [1.29, 1.82) is 0 Å². The third-order valence-electron chi connectivity index (χ3n) is 4.01. The molecule has 0 saturated carbocycles. The van der Waals surface area contributed by atoms with Crippen LogP contribution in [0.25, 0.3) is 0 Å². The summed E-state index contributed by atoms with van der Waals surface area (Å²) in [6.07, 6.45) is 0. The zero-order valence-corrected chi connectivity index (χ0v) is 16.1. The number of halogens is 1. The molecule has 0 aliphatic rings. The van der Waals surface area contributed by atoms with Gasteiger partial charge in [-0.3, -0.25) is 4.79 Å². The quantitative estimate of drug-likeness (QED) is 0.793. The second-order valence-electron chi connectivity index (χ2n) is 5.99. The van der Waals surface area contributed by atoms with Gasteiger partial charge in [-0.1, -0.05) is 17.7 Å². The van der Waals surface area contributed by atoms with Gasteiger partial charge in [0.25, 0.3) is 5.91 Å². The Hall–Kier alpha value is -1.85. The van der Waals surface area contributed by atoms with E-state index in [4.69, 9.17) is 4.74 Å². The van der Waals surface area contributed by atoms with Crippen LogP contribution in [0.15, 0.2) is 40.9 Å². The van der Waals surface area contributed by atoms with Crippen molar-refractivity contribution in [3.63, 3.8) is 0 Å². The largest absolute Gasteiger partial charge is 0.496 e. The summed E-state index contributed by atoms with van der Waals surface area (Å²) in [5.74, 6) is 0.805. The van der Waals surface area contributed by atoms with E-state index in [0.717, 1.165) is 27.0 Å². The SMILES string of the molecule is COc1ccc([C@@H](C)[NH2+]CC(=O)Nc2ccc(C)cc2C)cc1Br. The number of benzene rings is 2. The minimum atomic E-state index is 0.00128. The van der Waals surface area contributed by atoms with Crippen molar-refractivity contribution in [2.45, 2.75) is 26.8 Å². The number of aryl methyl sites for hydroxylation is 2. The third-order valence-corrected chi connectivity index (χ3v) is 4.63. The summed E-state index contributed by atoms with van der Waals surface area (Å²) in [7, 11) is 1.65. The van der Waals surface area contributed by atoms with Gasteiger partial charge in [0.05, 0.1) is 11.6 Å². The first-order valence-electron chi connectivity index (χ1n) is 7.94. The average Bonchev–Trinajstić information content (AvgIpc) is 2.55. The van der Waals surface area contributed by atoms with E-state index in [0.29, 0.717) is 6.54 Å². The second-order valence-corrected chi connectivity index (χ2v) is 6.84. The fourth-order valence-electron chi connectivity index (χ4n) is 2.54. The third kappa shape index (κ3) is 4.82. The number of carbonyl (C=O) groups excluding carboxylic acids is 1. The van der Waals surface area contributed by atoms with Crippen LogP contribution in [0.3, 0.4) is 0 Å². The molecule has 2 aromatic rings. The molecule has 0 bridgehead atoms. The van der Waals surface area contributed by atoms with Crippen molar-refractivity contribution >= 4 is 27.5 Å². The van der Waals surface area contributed by atoms with Crippen molar-refractivity contribution in [1.82, 2.24) is 0 Å². The van der Waals surface area contributed by atoms with Crippen LogP contribution in [0.2, 0.25) is 0 Å². The average molecular weight is 392 g/mol. The second kappa shape index (κ2) is 8.31. The highest BCUT2D eigenvalue weighted by Gasteiger charge is 2.14. The first kappa shape index (κ1) is 18.5. The van der Waals surface area contributed by atoms with E-state index in [-0.39, 0.29) is 11.9 Å². The van der Waals surface area contributed by atoms with Crippen LogP contribution in [0, 0.1) is 13.8 Å². The van der Waals surface area contributed by atoms with Crippen molar-refractivity contribution in [3.05, 3.63) is 57.6 Å². The van der Waals surface area contributed by atoms with Crippen LogP contribution in [0.1, 0.15) is 29.7 Å². The Balaban J connectivity index is 1.92. The zero-order chi connectivity index (χ0) is 17.7. The molecule has 5 heteroatoms. The number of ether oxygens (including phenoxy) is 1. The molecule has 0 radical (unpaired) electrons. The lowest BCUT2D eigenvalue weighted by Crippen LogP contribution is -2.86. The summed E-state index contributed by atoms with van der Waals surface area (Å²) in [6.45, 7) is 6.50. The number of hydrogen-bond acceptors (Lipinski definition) is 2. The van der Waals surface area contributed by atoms with Gasteiger partial charge in [0.1, 0.15) is 11.8 Å².